The summed E-state index contributed by atoms with van der Waals surface area (Å²) in [6, 6.07) is 10.6. The van der Waals surface area contributed by atoms with E-state index >= 15 is 0 Å². The summed E-state index contributed by atoms with van der Waals surface area (Å²) in [6.45, 7) is 10.8. The van der Waals surface area contributed by atoms with Crippen LogP contribution in [-0.4, -0.2) is 56.4 Å². The summed E-state index contributed by atoms with van der Waals surface area (Å²) in [5, 5.41) is 8.23. The fourth-order valence-corrected chi connectivity index (χ4v) is 4.71. The summed E-state index contributed by atoms with van der Waals surface area (Å²) in [6.07, 6.45) is -3.78. The normalized spacial score (nSPS) is 22.8. The SMILES string of the molecule is CO[C@@H]1O[C@H](COC(=O)Nc2cc(C)cc(C)c2)[C@@H](C)[C@H](OC(=O)Nc2cc(C)cc(C)c2)[C@H]1NC(C)=O. The van der Waals surface area contributed by atoms with Gasteiger partial charge in [-0.1, -0.05) is 19.1 Å². The predicted molar refractivity (Wildman–Crippen MR) is 143 cm³/mol. The second-order valence-corrected chi connectivity index (χ2v) is 9.84. The Morgan fingerprint density at radius 3 is 1.82 bits per heavy atom. The summed E-state index contributed by atoms with van der Waals surface area (Å²) in [4.78, 5) is 37.3. The highest BCUT2D eigenvalue weighted by Crippen LogP contribution is 2.30. The first-order valence-electron chi connectivity index (χ1n) is 12.5. The van der Waals surface area contributed by atoms with Crippen LogP contribution in [-0.2, 0) is 23.7 Å². The molecule has 0 spiro atoms. The van der Waals surface area contributed by atoms with Crippen LogP contribution in [0.25, 0.3) is 0 Å². The number of ether oxygens (including phenoxy) is 4. The minimum atomic E-state index is -0.940. The van der Waals surface area contributed by atoms with Crippen LogP contribution in [0.5, 0.6) is 0 Å². The molecule has 0 aromatic heterocycles. The van der Waals surface area contributed by atoms with Crippen LogP contribution in [0.1, 0.15) is 36.1 Å². The van der Waals surface area contributed by atoms with Crippen molar-refractivity contribution >= 4 is 29.5 Å². The number of aryl methyl sites for hydroxylation is 4. The van der Waals surface area contributed by atoms with E-state index in [1.807, 2.05) is 64.1 Å². The zero-order valence-electron chi connectivity index (χ0n) is 22.9. The van der Waals surface area contributed by atoms with Crippen LogP contribution < -0.4 is 16.0 Å². The lowest BCUT2D eigenvalue weighted by Crippen LogP contribution is -2.63. The number of hydrogen-bond acceptors (Lipinski definition) is 7. The van der Waals surface area contributed by atoms with Gasteiger partial charge in [0.1, 0.15) is 24.9 Å². The fourth-order valence-electron chi connectivity index (χ4n) is 4.71. The Balaban J connectivity index is 1.71. The van der Waals surface area contributed by atoms with Crippen molar-refractivity contribution in [1.82, 2.24) is 5.32 Å². The first-order chi connectivity index (χ1) is 17.9. The molecule has 0 radical (unpaired) electrons. The monoisotopic (exact) mass is 527 g/mol. The van der Waals surface area contributed by atoms with Crippen molar-refractivity contribution in [1.29, 1.82) is 0 Å². The molecular weight excluding hydrogens is 490 g/mol. The van der Waals surface area contributed by atoms with E-state index < -0.39 is 42.6 Å². The van der Waals surface area contributed by atoms with Gasteiger partial charge in [-0.15, -0.1) is 0 Å². The number of nitrogens with one attached hydrogen (secondary N) is 3. The van der Waals surface area contributed by atoms with Gasteiger partial charge in [-0.05, 0) is 74.2 Å². The molecule has 5 atom stereocenters. The molecular formula is C28H37N3O7. The lowest BCUT2D eigenvalue weighted by molar-refractivity contribution is -0.244. The molecule has 0 saturated carbocycles. The Kier molecular flexibility index (Phi) is 9.71. The minimum absolute atomic E-state index is 0.122. The second-order valence-electron chi connectivity index (χ2n) is 9.84. The van der Waals surface area contributed by atoms with E-state index in [1.165, 1.54) is 14.0 Å². The molecule has 1 aliphatic heterocycles. The lowest BCUT2D eigenvalue weighted by atomic mass is 9.89. The maximum absolute atomic E-state index is 12.9. The van der Waals surface area contributed by atoms with Crippen molar-refractivity contribution < 1.29 is 33.3 Å². The molecule has 3 N–H and O–H groups in total. The largest absolute Gasteiger partial charge is 0.447 e. The van der Waals surface area contributed by atoms with Gasteiger partial charge in [0.05, 0.1) is 0 Å². The van der Waals surface area contributed by atoms with Gasteiger partial charge in [0.15, 0.2) is 6.29 Å². The van der Waals surface area contributed by atoms with Gasteiger partial charge in [-0.2, -0.15) is 0 Å². The van der Waals surface area contributed by atoms with Crippen molar-refractivity contribution in [2.24, 2.45) is 5.92 Å². The third-order valence-electron chi connectivity index (χ3n) is 6.22. The lowest BCUT2D eigenvalue weighted by Gasteiger charge is -2.44. The fraction of sp³-hybridized carbons (Fsp3) is 0.464. The number of hydrogen-bond donors (Lipinski definition) is 3. The zero-order chi connectivity index (χ0) is 28.0. The Labute approximate surface area is 223 Å². The summed E-state index contributed by atoms with van der Waals surface area (Å²) in [7, 11) is 1.42. The molecule has 1 aliphatic rings. The summed E-state index contributed by atoms with van der Waals surface area (Å²) in [5.74, 6) is -0.795. The van der Waals surface area contributed by atoms with Crippen molar-refractivity contribution in [3.63, 3.8) is 0 Å². The first-order valence-corrected chi connectivity index (χ1v) is 12.5. The van der Waals surface area contributed by atoms with Gasteiger partial charge < -0.3 is 24.3 Å². The number of anilines is 2. The third kappa shape index (κ3) is 7.93. The third-order valence-corrected chi connectivity index (χ3v) is 6.22. The molecule has 10 nitrogen and oxygen atoms in total. The van der Waals surface area contributed by atoms with E-state index in [0.29, 0.717) is 11.4 Å². The number of methoxy groups -OCH3 is 1. The molecule has 1 fully saturated rings. The molecule has 206 valence electrons. The smallest absolute Gasteiger partial charge is 0.411 e. The Bertz CT molecular complexity index is 1130. The average Bonchev–Trinajstić information content (AvgIpc) is 2.79. The highest BCUT2D eigenvalue weighted by Gasteiger charge is 2.47. The van der Waals surface area contributed by atoms with Crippen molar-refractivity contribution in [3.05, 3.63) is 58.7 Å². The average molecular weight is 528 g/mol. The molecule has 1 saturated heterocycles. The van der Waals surface area contributed by atoms with Crippen LogP contribution in [0.2, 0.25) is 0 Å². The van der Waals surface area contributed by atoms with Crippen LogP contribution in [0.4, 0.5) is 21.0 Å². The van der Waals surface area contributed by atoms with Crippen LogP contribution in [0.3, 0.4) is 0 Å². The number of carbonyl (C=O) groups is 3. The maximum Gasteiger partial charge on any atom is 0.411 e. The van der Waals surface area contributed by atoms with Gasteiger partial charge in [-0.3, -0.25) is 15.4 Å². The predicted octanol–water partition coefficient (Wildman–Crippen LogP) is 4.60. The van der Waals surface area contributed by atoms with Gasteiger partial charge in [-0.25, -0.2) is 9.59 Å². The molecule has 0 unspecified atom stereocenters. The van der Waals surface area contributed by atoms with E-state index in [1.54, 1.807) is 6.92 Å². The van der Waals surface area contributed by atoms with Crippen molar-refractivity contribution in [2.45, 2.75) is 66.1 Å². The summed E-state index contributed by atoms with van der Waals surface area (Å²) in [5.41, 5.74) is 5.22. The first kappa shape index (κ1) is 28.9. The topological polar surface area (TPSA) is 124 Å². The van der Waals surface area contributed by atoms with Crippen molar-refractivity contribution in [3.8, 4) is 0 Å². The molecule has 38 heavy (non-hydrogen) atoms. The summed E-state index contributed by atoms with van der Waals surface area (Å²) >= 11 is 0. The van der Waals surface area contributed by atoms with E-state index in [2.05, 4.69) is 16.0 Å². The minimum Gasteiger partial charge on any atom is -0.447 e. The van der Waals surface area contributed by atoms with Crippen LogP contribution in [0.15, 0.2) is 36.4 Å². The Morgan fingerprint density at radius 1 is 0.842 bits per heavy atom. The van der Waals surface area contributed by atoms with Crippen molar-refractivity contribution in [2.75, 3.05) is 24.4 Å². The molecule has 2 aromatic carbocycles. The van der Waals surface area contributed by atoms with E-state index in [0.717, 1.165) is 22.3 Å². The standard InChI is InChI=1S/C28H37N3O7/c1-15-8-16(2)11-21(10-15)30-27(33)36-14-23-19(5)25(24(29-20(6)32)26(35-7)37-23)38-28(34)31-22-12-17(3)9-18(4)13-22/h8-13,19,23-26H,14H2,1-7H3,(H,29,32)(H,30,33)(H,31,34)/t19-,23-,24-,25+,26-/m1/s1. The number of benzene rings is 2. The van der Waals surface area contributed by atoms with Gasteiger partial charge in [0, 0.05) is 31.3 Å². The van der Waals surface area contributed by atoms with Gasteiger partial charge in [0.25, 0.3) is 0 Å². The number of amides is 3. The number of carbonyl (C=O) groups excluding carboxylic acids is 3. The molecule has 1 heterocycles. The zero-order valence-corrected chi connectivity index (χ0v) is 22.9. The molecule has 10 heteroatoms. The highest BCUT2D eigenvalue weighted by atomic mass is 16.7. The molecule has 3 rings (SSSR count). The van der Waals surface area contributed by atoms with Crippen LogP contribution >= 0.6 is 0 Å². The second kappa shape index (κ2) is 12.7. The summed E-state index contributed by atoms with van der Waals surface area (Å²) < 4.78 is 22.7. The molecule has 3 amide bonds. The van der Waals surface area contributed by atoms with Crippen LogP contribution in [0, 0.1) is 33.6 Å². The van der Waals surface area contributed by atoms with E-state index in [9.17, 15) is 14.4 Å². The number of rotatable bonds is 7. The molecule has 0 bridgehead atoms. The van der Waals surface area contributed by atoms with E-state index in [4.69, 9.17) is 18.9 Å². The van der Waals surface area contributed by atoms with Gasteiger partial charge in [0.2, 0.25) is 5.91 Å². The highest BCUT2D eigenvalue weighted by molar-refractivity contribution is 5.85. The van der Waals surface area contributed by atoms with E-state index in [-0.39, 0.29) is 12.5 Å². The Hall–Kier alpha value is -3.63. The maximum atomic E-state index is 12.9. The van der Waals surface area contributed by atoms with Gasteiger partial charge >= 0.3 is 12.2 Å². The molecule has 2 aromatic rings. The molecule has 0 aliphatic carbocycles. The quantitative estimate of drug-likeness (QED) is 0.481. The Morgan fingerprint density at radius 2 is 1.34 bits per heavy atom.